The Morgan fingerprint density at radius 2 is 2.11 bits per heavy atom. The molecule has 0 amide bonds. The van der Waals surface area contributed by atoms with Crippen molar-refractivity contribution in [2.24, 2.45) is 0 Å². The lowest BCUT2D eigenvalue weighted by Gasteiger charge is -1.90. The van der Waals surface area contributed by atoms with Crippen LogP contribution in [-0.4, -0.2) is 9.94 Å². The lowest BCUT2D eigenvalue weighted by molar-refractivity contribution is 0.180. The van der Waals surface area contributed by atoms with Crippen LogP contribution < -0.4 is 6.15 Å². The van der Waals surface area contributed by atoms with Gasteiger partial charge in [-0.25, -0.2) is 0 Å². The first-order valence-electron chi connectivity index (χ1n) is 2.17. The largest absolute Gasteiger partial charge is 0.428 e. The molecule has 4 heteroatoms. The maximum Gasteiger partial charge on any atom is 0.142 e. The average Bonchev–Trinajstić information content (AvgIpc) is 1.77. The van der Waals surface area contributed by atoms with Crippen molar-refractivity contribution < 1.29 is 5.21 Å². The molecular formula is C5H9N2OS+. The van der Waals surface area contributed by atoms with Gasteiger partial charge >= 0.3 is 0 Å². The molecule has 0 radical (unpaired) electrons. The summed E-state index contributed by atoms with van der Waals surface area (Å²) < 4.78 is 1.32. The normalized spacial score (nSPS) is 8.00. The van der Waals surface area contributed by atoms with Gasteiger partial charge in [-0.1, -0.05) is 18.3 Å². The molecule has 0 saturated heterocycles. The Balaban J connectivity index is 0.000000640. The fraction of sp³-hybridized carbons (Fsp3) is 0. The highest BCUT2D eigenvalue weighted by Crippen LogP contribution is 1.86. The van der Waals surface area contributed by atoms with Crippen LogP contribution in [0.15, 0.2) is 24.4 Å². The molecule has 0 aromatic carbocycles. The van der Waals surface area contributed by atoms with E-state index in [1.54, 1.807) is 18.2 Å². The van der Waals surface area contributed by atoms with Crippen LogP contribution in [0.2, 0.25) is 0 Å². The second-order valence-electron chi connectivity index (χ2n) is 1.38. The van der Waals surface area contributed by atoms with Gasteiger partial charge in [0.1, 0.15) is 4.64 Å². The van der Waals surface area contributed by atoms with Gasteiger partial charge in [-0.05, 0) is 12.1 Å². The maximum absolute atomic E-state index is 8.73. The molecular weight excluding hydrogens is 136 g/mol. The topological polar surface area (TPSA) is 61.7 Å². The fourth-order valence-corrected chi connectivity index (χ4v) is 0.558. The van der Waals surface area contributed by atoms with Crippen LogP contribution in [0.4, 0.5) is 0 Å². The van der Waals surface area contributed by atoms with E-state index in [9.17, 15) is 0 Å². The van der Waals surface area contributed by atoms with Gasteiger partial charge in [-0.15, -0.1) is 0 Å². The van der Waals surface area contributed by atoms with Crippen molar-refractivity contribution in [3.63, 3.8) is 0 Å². The summed E-state index contributed by atoms with van der Waals surface area (Å²) in [4.78, 5) is 0. The molecule has 1 rings (SSSR count). The molecule has 9 heavy (non-hydrogen) atoms. The predicted octanol–water partition coefficient (Wildman–Crippen LogP) is 1.83. The van der Waals surface area contributed by atoms with Crippen molar-refractivity contribution in [3.8, 4) is 0 Å². The summed E-state index contributed by atoms with van der Waals surface area (Å²) in [6.45, 7) is 0. The van der Waals surface area contributed by atoms with E-state index in [4.69, 9.17) is 5.21 Å². The van der Waals surface area contributed by atoms with Gasteiger partial charge in [0.05, 0.1) is 0 Å². The molecule has 0 saturated carbocycles. The van der Waals surface area contributed by atoms with Gasteiger partial charge in [0.25, 0.3) is 0 Å². The molecule has 0 unspecified atom stereocenters. The molecule has 1 aromatic heterocycles. The van der Waals surface area contributed by atoms with Gasteiger partial charge in [0.2, 0.25) is 0 Å². The van der Waals surface area contributed by atoms with Crippen LogP contribution in [-0.2, 0) is 0 Å². The molecule has 1 aromatic rings. The van der Waals surface area contributed by atoms with Crippen molar-refractivity contribution in [2.75, 3.05) is 0 Å². The molecule has 5 N–H and O–H groups in total. The van der Waals surface area contributed by atoms with Crippen molar-refractivity contribution in [2.45, 2.75) is 0 Å². The number of quaternary nitrogens is 1. The quantitative estimate of drug-likeness (QED) is 0.432. The molecule has 50 valence electrons. The summed E-state index contributed by atoms with van der Waals surface area (Å²) in [5, 5.41) is 8.73. The Hall–Kier alpha value is -0.870. The fourth-order valence-electron chi connectivity index (χ4n) is 0.419. The van der Waals surface area contributed by atoms with Crippen molar-refractivity contribution in [3.05, 3.63) is 29.0 Å². The van der Waals surface area contributed by atoms with E-state index in [1.165, 1.54) is 6.20 Å². The first kappa shape index (κ1) is 8.13. The third-order valence-electron chi connectivity index (χ3n) is 0.803. The molecule has 0 aliphatic carbocycles. The third-order valence-corrected chi connectivity index (χ3v) is 1.13. The van der Waals surface area contributed by atoms with Crippen LogP contribution in [0.5, 0.6) is 0 Å². The standard InChI is InChI=1S/C5H5NOS.H3N/c7-6-4-2-1-3-5(6)8;/h1-4,7H;1H3/p+1. The Bertz CT molecular complexity index is 232. The Labute approximate surface area is 58.1 Å². The first-order valence-corrected chi connectivity index (χ1v) is 2.58. The summed E-state index contributed by atoms with van der Waals surface area (Å²) in [6.07, 6.45) is 1.49. The minimum Gasteiger partial charge on any atom is -0.428 e. The summed E-state index contributed by atoms with van der Waals surface area (Å²) in [7, 11) is 0. The van der Waals surface area contributed by atoms with Crippen LogP contribution in [0, 0.1) is 4.64 Å². The molecule has 0 spiro atoms. The number of hydrogen-bond donors (Lipinski definition) is 2. The Morgan fingerprint density at radius 1 is 1.44 bits per heavy atom. The predicted molar refractivity (Wildman–Crippen MR) is 38.4 cm³/mol. The number of rotatable bonds is 0. The zero-order valence-electron chi connectivity index (χ0n) is 5.11. The molecule has 0 fully saturated rings. The minimum atomic E-state index is 0. The van der Waals surface area contributed by atoms with Crippen LogP contribution in [0.25, 0.3) is 0 Å². The second-order valence-corrected chi connectivity index (χ2v) is 1.80. The van der Waals surface area contributed by atoms with Crippen molar-refractivity contribution in [1.82, 2.24) is 10.9 Å². The lowest BCUT2D eigenvalue weighted by atomic mass is 10.5. The molecule has 0 bridgehead atoms. The maximum atomic E-state index is 8.73. The summed E-state index contributed by atoms with van der Waals surface area (Å²) in [6, 6.07) is 5.13. The summed E-state index contributed by atoms with van der Waals surface area (Å²) in [5.74, 6) is 0. The molecule has 0 aliphatic heterocycles. The van der Waals surface area contributed by atoms with Crippen LogP contribution >= 0.6 is 12.2 Å². The highest BCUT2D eigenvalue weighted by Gasteiger charge is 1.77. The zero-order valence-corrected chi connectivity index (χ0v) is 5.93. The molecule has 3 nitrogen and oxygen atoms in total. The first-order chi connectivity index (χ1) is 3.80. The van der Waals surface area contributed by atoms with Gasteiger partial charge in [0, 0.05) is 6.20 Å². The van der Waals surface area contributed by atoms with Crippen molar-refractivity contribution in [1.29, 1.82) is 0 Å². The highest BCUT2D eigenvalue weighted by atomic mass is 32.1. The van der Waals surface area contributed by atoms with Gasteiger partial charge < -0.3 is 11.4 Å². The molecule has 0 aliphatic rings. The van der Waals surface area contributed by atoms with Gasteiger partial charge in [-0.3, -0.25) is 0 Å². The van der Waals surface area contributed by atoms with E-state index in [1.807, 2.05) is 0 Å². The van der Waals surface area contributed by atoms with Crippen molar-refractivity contribution >= 4 is 12.2 Å². The Morgan fingerprint density at radius 3 is 2.44 bits per heavy atom. The number of aromatic nitrogens is 1. The Kier molecular flexibility index (Phi) is 2.90. The smallest absolute Gasteiger partial charge is 0.142 e. The number of hydrogen-bond acceptors (Lipinski definition) is 2. The van der Waals surface area contributed by atoms with Gasteiger partial charge in [0.15, 0.2) is 0 Å². The number of nitrogens with zero attached hydrogens (tertiary/aromatic N) is 1. The summed E-state index contributed by atoms with van der Waals surface area (Å²) in [5.41, 5.74) is 0. The van der Waals surface area contributed by atoms with Crippen LogP contribution in [0.3, 0.4) is 0 Å². The second kappa shape index (κ2) is 3.21. The van der Waals surface area contributed by atoms with E-state index in [0.717, 1.165) is 4.73 Å². The van der Waals surface area contributed by atoms with E-state index in [-0.39, 0.29) is 6.15 Å². The van der Waals surface area contributed by atoms with E-state index >= 15 is 0 Å². The zero-order chi connectivity index (χ0) is 5.98. The lowest BCUT2D eigenvalue weighted by Crippen LogP contribution is -1.89. The highest BCUT2D eigenvalue weighted by molar-refractivity contribution is 7.71. The van der Waals surface area contributed by atoms with Crippen LogP contribution in [0.1, 0.15) is 0 Å². The third kappa shape index (κ3) is 1.83. The SMILES string of the molecule is On1ccccc1=S.[NH4+]. The molecule has 0 atom stereocenters. The monoisotopic (exact) mass is 145 g/mol. The van der Waals surface area contributed by atoms with E-state index in [0.29, 0.717) is 4.64 Å². The summed E-state index contributed by atoms with van der Waals surface area (Å²) >= 11 is 4.67. The van der Waals surface area contributed by atoms with E-state index < -0.39 is 0 Å². The van der Waals surface area contributed by atoms with E-state index in [2.05, 4.69) is 12.2 Å². The van der Waals surface area contributed by atoms with Gasteiger partial charge in [-0.2, -0.15) is 4.73 Å². The molecule has 1 heterocycles. The number of pyridine rings is 1. The average molecular weight is 145 g/mol. The minimum absolute atomic E-state index is 0.